The normalized spacial score (nSPS) is 27.2. The molecule has 14 heavy (non-hydrogen) atoms. The number of carbonyl (C=O) groups is 1. The highest BCUT2D eigenvalue weighted by Gasteiger charge is 2.34. The Morgan fingerprint density at radius 3 is 2.93 bits per heavy atom. The predicted octanol–water partition coefficient (Wildman–Crippen LogP) is 1.16. The zero-order valence-corrected chi connectivity index (χ0v) is 9.34. The third-order valence-electron chi connectivity index (χ3n) is 2.87. The largest absolute Gasteiger partial charge is 0.332 e. The van der Waals surface area contributed by atoms with Gasteiger partial charge in [-0.1, -0.05) is 6.08 Å². The monoisotopic (exact) mass is 196 g/mol. The van der Waals surface area contributed by atoms with Gasteiger partial charge in [0.1, 0.15) is 0 Å². The molecule has 3 nitrogen and oxygen atoms in total. The van der Waals surface area contributed by atoms with Crippen LogP contribution in [0.15, 0.2) is 12.7 Å². The third kappa shape index (κ3) is 2.15. The number of hydrogen-bond donors (Lipinski definition) is 1. The summed E-state index contributed by atoms with van der Waals surface area (Å²) in [5, 5.41) is 3.21. The van der Waals surface area contributed by atoms with Crippen LogP contribution in [0.25, 0.3) is 0 Å². The summed E-state index contributed by atoms with van der Waals surface area (Å²) in [5.41, 5.74) is -0.0664. The predicted molar refractivity (Wildman–Crippen MR) is 58.1 cm³/mol. The molecule has 80 valence electrons. The first kappa shape index (κ1) is 11.2. The van der Waals surface area contributed by atoms with Crippen LogP contribution >= 0.6 is 0 Å². The van der Waals surface area contributed by atoms with Crippen LogP contribution in [-0.2, 0) is 4.79 Å². The summed E-state index contributed by atoms with van der Waals surface area (Å²) in [6.45, 7) is 11.4. The van der Waals surface area contributed by atoms with Gasteiger partial charge in [0.25, 0.3) is 0 Å². The Labute approximate surface area is 86.2 Å². The highest BCUT2D eigenvalue weighted by atomic mass is 16.2. The lowest BCUT2D eigenvalue weighted by Crippen LogP contribution is -2.50. The van der Waals surface area contributed by atoms with E-state index in [0.717, 1.165) is 13.0 Å². The summed E-state index contributed by atoms with van der Waals surface area (Å²) in [7, 11) is 0. The van der Waals surface area contributed by atoms with Gasteiger partial charge in [-0.25, -0.2) is 0 Å². The molecule has 1 N–H and O–H groups in total. The van der Waals surface area contributed by atoms with E-state index >= 15 is 0 Å². The van der Waals surface area contributed by atoms with E-state index in [2.05, 4.69) is 25.7 Å². The molecule has 1 saturated heterocycles. The Bertz CT molecular complexity index is 235. The van der Waals surface area contributed by atoms with E-state index in [4.69, 9.17) is 0 Å². The molecule has 0 spiro atoms. The molecule has 1 unspecified atom stereocenters. The van der Waals surface area contributed by atoms with Crippen LogP contribution in [-0.4, -0.2) is 35.5 Å². The van der Waals surface area contributed by atoms with Crippen LogP contribution in [0, 0.1) is 0 Å². The van der Waals surface area contributed by atoms with Crippen molar-refractivity contribution in [1.82, 2.24) is 10.2 Å². The molecule has 3 heteroatoms. The molecule has 0 aromatic heterocycles. The average Bonchev–Trinajstić information content (AvgIpc) is 2.19. The highest BCUT2D eigenvalue weighted by Crippen LogP contribution is 2.21. The van der Waals surface area contributed by atoms with Crippen LogP contribution in [0.2, 0.25) is 0 Å². The van der Waals surface area contributed by atoms with Crippen molar-refractivity contribution < 1.29 is 4.79 Å². The van der Waals surface area contributed by atoms with Crippen molar-refractivity contribution in [3.8, 4) is 0 Å². The molecule has 0 aliphatic carbocycles. The number of amides is 1. The minimum Gasteiger partial charge on any atom is -0.332 e. The van der Waals surface area contributed by atoms with Gasteiger partial charge in [-0.05, 0) is 33.7 Å². The van der Waals surface area contributed by atoms with Crippen molar-refractivity contribution in [3.05, 3.63) is 12.7 Å². The summed E-state index contributed by atoms with van der Waals surface area (Å²) in [6, 6.07) is -0.0725. The lowest BCUT2D eigenvalue weighted by molar-refractivity contribution is -0.136. The maximum Gasteiger partial charge on any atom is 0.240 e. The van der Waals surface area contributed by atoms with Gasteiger partial charge in [0.05, 0.1) is 6.04 Å². The Balaban J connectivity index is 2.88. The van der Waals surface area contributed by atoms with Crippen LogP contribution in [0.3, 0.4) is 0 Å². The lowest BCUT2D eigenvalue weighted by atomic mass is 9.98. The maximum atomic E-state index is 12.0. The smallest absolute Gasteiger partial charge is 0.240 e. The van der Waals surface area contributed by atoms with Crippen LogP contribution < -0.4 is 5.32 Å². The average molecular weight is 196 g/mol. The minimum atomic E-state index is -0.0725. The van der Waals surface area contributed by atoms with E-state index in [1.165, 1.54) is 0 Å². The molecule has 0 bridgehead atoms. The number of carbonyl (C=O) groups excluding carboxylic acids is 1. The number of nitrogens with one attached hydrogen (secondary N) is 1. The van der Waals surface area contributed by atoms with E-state index in [9.17, 15) is 4.79 Å². The second-order valence-electron chi connectivity index (χ2n) is 4.48. The van der Waals surface area contributed by atoms with Gasteiger partial charge in [-0.2, -0.15) is 0 Å². The van der Waals surface area contributed by atoms with Gasteiger partial charge in [0, 0.05) is 12.1 Å². The maximum absolute atomic E-state index is 12.0. The quantitative estimate of drug-likeness (QED) is 0.672. The van der Waals surface area contributed by atoms with Crippen molar-refractivity contribution in [2.45, 2.75) is 38.8 Å². The number of hydrogen-bond acceptors (Lipinski definition) is 2. The molecule has 0 radical (unpaired) electrons. The molecule has 1 rings (SSSR count). The van der Waals surface area contributed by atoms with Gasteiger partial charge in [0.15, 0.2) is 0 Å². The molecule has 1 aliphatic rings. The second kappa shape index (κ2) is 4.13. The van der Waals surface area contributed by atoms with Gasteiger partial charge in [0.2, 0.25) is 5.91 Å². The molecule has 1 heterocycles. The SMILES string of the molecule is C=CCN1C(=O)C(C)NCCC1(C)C. The first-order valence-corrected chi connectivity index (χ1v) is 5.15. The van der Waals surface area contributed by atoms with Crippen molar-refractivity contribution in [2.75, 3.05) is 13.1 Å². The topological polar surface area (TPSA) is 32.3 Å². The molecular weight excluding hydrogens is 176 g/mol. The zero-order valence-electron chi connectivity index (χ0n) is 9.34. The standard InChI is InChI=1S/C11H20N2O/c1-5-8-13-10(14)9(2)12-7-6-11(13,3)4/h5,9,12H,1,6-8H2,2-4H3. The summed E-state index contributed by atoms with van der Waals surface area (Å²) in [5.74, 6) is 0.174. The molecule has 0 aromatic rings. The van der Waals surface area contributed by atoms with E-state index in [-0.39, 0.29) is 17.5 Å². The Morgan fingerprint density at radius 1 is 1.71 bits per heavy atom. The zero-order chi connectivity index (χ0) is 10.8. The fraction of sp³-hybridized carbons (Fsp3) is 0.727. The third-order valence-corrected chi connectivity index (χ3v) is 2.87. The van der Waals surface area contributed by atoms with Crippen LogP contribution in [0.5, 0.6) is 0 Å². The summed E-state index contributed by atoms with van der Waals surface area (Å²) in [6.07, 6.45) is 2.77. The van der Waals surface area contributed by atoms with Gasteiger partial charge in [-0.15, -0.1) is 6.58 Å². The summed E-state index contributed by atoms with van der Waals surface area (Å²) >= 11 is 0. The van der Waals surface area contributed by atoms with Crippen molar-refractivity contribution in [2.24, 2.45) is 0 Å². The van der Waals surface area contributed by atoms with Gasteiger partial charge >= 0.3 is 0 Å². The summed E-state index contributed by atoms with van der Waals surface area (Å²) in [4.78, 5) is 13.9. The number of rotatable bonds is 2. The number of nitrogens with zero attached hydrogens (tertiary/aromatic N) is 1. The highest BCUT2D eigenvalue weighted by molar-refractivity contribution is 5.82. The van der Waals surface area contributed by atoms with Crippen molar-refractivity contribution >= 4 is 5.91 Å². The Kier molecular flexibility index (Phi) is 3.32. The molecule has 1 aliphatic heterocycles. The molecule has 1 atom stereocenters. The van der Waals surface area contributed by atoms with E-state index in [1.54, 1.807) is 6.08 Å². The molecule has 0 aromatic carbocycles. The first-order valence-electron chi connectivity index (χ1n) is 5.15. The summed E-state index contributed by atoms with van der Waals surface area (Å²) < 4.78 is 0. The van der Waals surface area contributed by atoms with Crippen LogP contribution in [0.1, 0.15) is 27.2 Å². The van der Waals surface area contributed by atoms with E-state index < -0.39 is 0 Å². The Hall–Kier alpha value is -0.830. The van der Waals surface area contributed by atoms with E-state index in [1.807, 2.05) is 11.8 Å². The molecule has 0 saturated carbocycles. The molecule has 1 amide bonds. The molecule has 1 fully saturated rings. The fourth-order valence-electron chi connectivity index (χ4n) is 1.82. The fourth-order valence-corrected chi connectivity index (χ4v) is 1.82. The lowest BCUT2D eigenvalue weighted by Gasteiger charge is -2.36. The van der Waals surface area contributed by atoms with Crippen LogP contribution in [0.4, 0.5) is 0 Å². The molecular formula is C11H20N2O. The minimum absolute atomic E-state index is 0.0664. The first-order chi connectivity index (χ1) is 6.49. The van der Waals surface area contributed by atoms with Gasteiger partial charge < -0.3 is 10.2 Å². The van der Waals surface area contributed by atoms with Crippen molar-refractivity contribution in [1.29, 1.82) is 0 Å². The van der Waals surface area contributed by atoms with E-state index in [0.29, 0.717) is 6.54 Å². The van der Waals surface area contributed by atoms with Crippen molar-refractivity contribution in [3.63, 3.8) is 0 Å². The second-order valence-corrected chi connectivity index (χ2v) is 4.48. The van der Waals surface area contributed by atoms with Gasteiger partial charge in [-0.3, -0.25) is 4.79 Å². The Morgan fingerprint density at radius 2 is 2.36 bits per heavy atom.